The van der Waals surface area contributed by atoms with Crippen molar-refractivity contribution in [2.75, 3.05) is 7.11 Å². The molecule has 0 spiro atoms. The van der Waals surface area contributed by atoms with E-state index in [0.29, 0.717) is 40.0 Å². The van der Waals surface area contributed by atoms with Gasteiger partial charge in [0.05, 0.1) is 6.10 Å². The number of ether oxygens (including phenoxy) is 1. The van der Waals surface area contributed by atoms with Crippen LogP contribution in [0.25, 0.3) is 0 Å². The van der Waals surface area contributed by atoms with E-state index < -0.39 is 0 Å². The number of carbonyl (C=O) groups excluding carboxylic acids is 1. The summed E-state index contributed by atoms with van der Waals surface area (Å²) in [6.07, 6.45) is 15.3. The monoisotopic (exact) mass is 454 g/mol. The molecule has 5 rings (SSSR count). The predicted molar refractivity (Wildman–Crippen MR) is 136 cm³/mol. The highest BCUT2D eigenvalue weighted by atomic mass is 16.5. The fraction of sp³-hybridized carbons (Fsp3) is 0.903. The van der Waals surface area contributed by atoms with Crippen molar-refractivity contribution >= 4 is 5.78 Å². The number of hydrogen-bond donors (Lipinski definition) is 0. The number of ketones is 1. The molecule has 33 heavy (non-hydrogen) atoms. The number of Topliss-reactive ketones (excluding diaryl/α,β-unsaturated/α-hetero) is 1. The van der Waals surface area contributed by atoms with Crippen LogP contribution in [0.4, 0.5) is 0 Å². The molecule has 0 aromatic rings. The maximum atomic E-state index is 12.9. The molecule has 2 heteroatoms. The molecule has 4 saturated carbocycles. The second kappa shape index (κ2) is 7.44. The maximum Gasteiger partial charge on any atom is 0.138 e. The molecule has 0 amide bonds. The van der Waals surface area contributed by atoms with E-state index in [1.807, 2.05) is 7.11 Å². The zero-order chi connectivity index (χ0) is 24.0. The molecule has 0 unspecified atom stereocenters. The number of allylic oxidation sites excluding steroid dienone is 2. The lowest BCUT2D eigenvalue weighted by Crippen LogP contribution is -2.58. The van der Waals surface area contributed by atoms with Crippen LogP contribution in [0.5, 0.6) is 0 Å². The number of methoxy groups -OCH3 is 1. The molecule has 5 aliphatic carbocycles. The lowest BCUT2D eigenvalue weighted by Gasteiger charge is -2.64. The predicted octanol–water partition coefficient (Wildman–Crippen LogP) is 8.00. The Kier molecular flexibility index (Phi) is 5.43. The smallest absolute Gasteiger partial charge is 0.138 e. The lowest BCUT2D eigenvalue weighted by atomic mass is 9.42. The molecule has 0 radical (unpaired) electrons. The van der Waals surface area contributed by atoms with Gasteiger partial charge in [-0.2, -0.15) is 0 Å². The summed E-state index contributed by atoms with van der Waals surface area (Å²) in [6.45, 7) is 17.4. The minimum atomic E-state index is -0.169. The Balaban J connectivity index is 1.50. The van der Waals surface area contributed by atoms with Crippen LogP contribution in [-0.4, -0.2) is 19.0 Å². The van der Waals surface area contributed by atoms with E-state index in [4.69, 9.17) is 4.74 Å². The number of fused-ring (bicyclic) bond motifs is 6. The van der Waals surface area contributed by atoms with Gasteiger partial charge in [-0.05, 0) is 103 Å². The molecule has 0 N–H and O–H groups in total. The summed E-state index contributed by atoms with van der Waals surface area (Å²) in [6, 6.07) is 0. The average Bonchev–Trinajstić information content (AvgIpc) is 2.88. The molecule has 0 bridgehead atoms. The maximum absolute atomic E-state index is 12.9. The Morgan fingerprint density at radius 2 is 1.55 bits per heavy atom. The molecule has 5 aliphatic rings. The number of carbonyl (C=O) groups is 1. The fourth-order valence-corrected chi connectivity index (χ4v) is 11.2. The number of hydrogen-bond acceptors (Lipinski definition) is 2. The average molecular weight is 455 g/mol. The standard InChI is InChI=1S/C31H50O2/c1-27(2)22-11-9-20-19-29(5)16-13-23-28(3,4)26(33-8)15-18-31(23,7)24(29)12-10-21(20)30(22,6)17-14-25(27)32/h9,21-24,26H,10-19H2,1-8H3/t21-,22+,23+,24+,26-,29+,30-,31+/m1/s1. The topological polar surface area (TPSA) is 26.3 Å². The van der Waals surface area contributed by atoms with Gasteiger partial charge in [0.15, 0.2) is 0 Å². The van der Waals surface area contributed by atoms with E-state index in [9.17, 15) is 4.79 Å². The van der Waals surface area contributed by atoms with Crippen molar-refractivity contribution in [3.8, 4) is 0 Å². The first kappa shape index (κ1) is 24.1. The van der Waals surface area contributed by atoms with Gasteiger partial charge < -0.3 is 4.74 Å². The van der Waals surface area contributed by atoms with Gasteiger partial charge in [-0.3, -0.25) is 4.79 Å². The molecular formula is C31H50O2. The zero-order valence-electron chi connectivity index (χ0n) is 22.9. The normalized spacial score (nSPS) is 50.7. The zero-order valence-corrected chi connectivity index (χ0v) is 22.9. The summed E-state index contributed by atoms with van der Waals surface area (Å²) in [7, 11) is 1.93. The van der Waals surface area contributed by atoms with Crippen LogP contribution in [0.3, 0.4) is 0 Å². The van der Waals surface area contributed by atoms with Gasteiger partial charge in [0.25, 0.3) is 0 Å². The van der Waals surface area contributed by atoms with E-state index in [1.165, 1.54) is 44.9 Å². The van der Waals surface area contributed by atoms with Crippen molar-refractivity contribution in [3.05, 3.63) is 11.6 Å². The Labute approximate surface area is 203 Å². The third-order valence-electron chi connectivity index (χ3n) is 12.9. The second-order valence-electron chi connectivity index (χ2n) is 14.9. The lowest BCUT2D eigenvalue weighted by molar-refractivity contribution is -0.177. The van der Waals surface area contributed by atoms with Crippen LogP contribution >= 0.6 is 0 Å². The molecule has 186 valence electrons. The second-order valence-corrected chi connectivity index (χ2v) is 14.9. The molecular weight excluding hydrogens is 404 g/mol. The van der Waals surface area contributed by atoms with Gasteiger partial charge in [0.2, 0.25) is 0 Å². The highest BCUT2D eigenvalue weighted by molar-refractivity contribution is 5.85. The first-order valence-electron chi connectivity index (χ1n) is 14.1. The quantitative estimate of drug-likeness (QED) is 0.375. The van der Waals surface area contributed by atoms with Crippen molar-refractivity contribution in [1.82, 2.24) is 0 Å². The van der Waals surface area contributed by atoms with Crippen LogP contribution in [0.1, 0.15) is 113 Å². The molecule has 0 heterocycles. The summed E-state index contributed by atoms with van der Waals surface area (Å²) >= 11 is 0. The largest absolute Gasteiger partial charge is 0.381 e. The molecule has 0 saturated heterocycles. The molecule has 0 aromatic heterocycles. The summed E-state index contributed by atoms with van der Waals surface area (Å²) in [5, 5.41) is 0. The Bertz CT molecular complexity index is 851. The van der Waals surface area contributed by atoms with E-state index >= 15 is 0 Å². The molecule has 8 atom stereocenters. The molecule has 0 aliphatic heterocycles. The minimum absolute atomic E-state index is 0.169. The van der Waals surface area contributed by atoms with Crippen LogP contribution in [0.2, 0.25) is 0 Å². The summed E-state index contributed by atoms with van der Waals surface area (Å²) in [4.78, 5) is 12.9. The fourth-order valence-electron chi connectivity index (χ4n) is 11.2. The van der Waals surface area contributed by atoms with Gasteiger partial charge >= 0.3 is 0 Å². The van der Waals surface area contributed by atoms with Gasteiger partial charge in [-0.1, -0.05) is 60.1 Å². The summed E-state index contributed by atoms with van der Waals surface area (Å²) < 4.78 is 6.03. The van der Waals surface area contributed by atoms with Gasteiger partial charge in [0, 0.05) is 18.9 Å². The van der Waals surface area contributed by atoms with Crippen molar-refractivity contribution < 1.29 is 9.53 Å². The number of rotatable bonds is 1. The summed E-state index contributed by atoms with van der Waals surface area (Å²) in [5.74, 6) is 3.24. The van der Waals surface area contributed by atoms with Crippen LogP contribution < -0.4 is 0 Å². The van der Waals surface area contributed by atoms with E-state index in [-0.39, 0.29) is 10.8 Å². The molecule has 0 aromatic carbocycles. The van der Waals surface area contributed by atoms with E-state index in [2.05, 4.69) is 54.5 Å². The van der Waals surface area contributed by atoms with E-state index in [1.54, 1.807) is 5.57 Å². The SMILES string of the molecule is CO[C@@H]1CC[C@@]2(C)[C@@H](CC[C@@]3(C)CC4=CC[C@H]5C(C)(C)C(=O)CC[C@]5(C)[C@@H]4CC[C@@H]32)C1(C)C. The van der Waals surface area contributed by atoms with Crippen LogP contribution in [-0.2, 0) is 9.53 Å². The van der Waals surface area contributed by atoms with Crippen molar-refractivity contribution in [1.29, 1.82) is 0 Å². The first-order chi connectivity index (χ1) is 15.3. The Morgan fingerprint density at radius 3 is 2.24 bits per heavy atom. The Hall–Kier alpha value is -0.630. The van der Waals surface area contributed by atoms with Crippen LogP contribution in [0, 0.1) is 50.7 Å². The van der Waals surface area contributed by atoms with Gasteiger partial charge in [-0.25, -0.2) is 0 Å². The summed E-state index contributed by atoms with van der Waals surface area (Å²) in [5.41, 5.74) is 2.99. The third kappa shape index (κ3) is 3.17. The molecule has 4 fully saturated rings. The van der Waals surface area contributed by atoms with E-state index in [0.717, 1.165) is 31.1 Å². The molecule has 2 nitrogen and oxygen atoms in total. The van der Waals surface area contributed by atoms with Gasteiger partial charge in [0.1, 0.15) is 5.78 Å². The van der Waals surface area contributed by atoms with Crippen molar-refractivity contribution in [2.24, 2.45) is 50.7 Å². The first-order valence-corrected chi connectivity index (χ1v) is 14.1. The van der Waals surface area contributed by atoms with Crippen molar-refractivity contribution in [2.45, 2.75) is 119 Å². The highest BCUT2D eigenvalue weighted by Gasteiger charge is 2.63. The Morgan fingerprint density at radius 1 is 0.818 bits per heavy atom. The van der Waals surface area contributed by atoms with Crippen LogP contribution in [0.15, 0.2) is 11.6 Å². The highest BCUT2D eigenvalue weighted by Crippen LogP contribution is 2.70. The minimum Gasteiger partial charge on any atom is -0.381 e. The van der Waals surface area contributed by atoms with Crippen molar-refractivity contribution in [3.63, 3.8) is 0 Å². The third-order valence-corrected chi connectivity index (χ3v) is 12.9. The van der Waals surface area contributed by atoms with Gasteiger partial charge in [-0.15, -0.1) is 0 Å².